The van der Waals surface area contributed by atoms with E-state index < -0.39 is 24.4 Å². The number of piperidine rings is 1. The fourth-order valence-corrected chi connectivity index (χ4v) is 4.16. The first-order valence-electron chi connectivity index (χ1n) is 10.4. The highest BCUT2D eigenvalue weighted by molar-refractivity contribution is 9.10. The van der Waals surface area contributed by atoms with E-state index >= 15 is 0 Å². The zero-order valence-corrected chi connectivity index (χ0v) is 19.8. The van der Waals surface area contributed by atoms with Crippen LogP contribution < -0.4 is 5.32 Å². The summed E-state index contributed by atoms with van der Waals surface area (Å²) >= 11 is 3.29. The molecule has 0 bridgehead atoms. The van der Waals surface area contributed by atoms with Gasteiger partial charge in [-0.2, -0.15) is 13.2 Å². The van der Waals surface area contributed by atoms with E-state index in [4.69, 9.17) is 4.74 Å². The number of halogens is 4. The van der Waals surface area contributed by atoms with E-state index in [9.17, 15) is 22.8 Å². The van der Waals surface area contributed by atoms with E-state index in [1.165, 1.54) is 6.20 Å². The van der Waals surface area contributed by atoms with Crippen molar-refractivity contribution in [2.24, 2.45) is 5.92 Å². The lowest BCUT2D eigenvalue weighted by Gasteiger charge is -2.32. The number of alkyl halides is 3. The molecule has 1 aliphatic rings. The van der Waals surface area contributed by atoms with Gasteiger partial charge in [-0.3, -0.25) is 4.79 Å². The molecule has 1 N–H and O–H groups in total. The molecule has 0 unspecified atom stereocenters. The lowest BCUT2D eigenvalue weighted by atomic mass is 9.96. The maximum absolute atomic E-state index is 13.1. The van der Waals surface area contributed by atoms with Gasteiger partial charge in [0.15, 0.2) is 0 Å². The number of alkyl carbamates (subject to hydrolysis) is 1. The number of carbonyl (C=O) groups excluding carboxylic acids is 2. The number of likely N-dealkylation sites (tertiary alicyclic amines) is 1. The summed E-state index contributed by atoms with van der Waals surface area (Å²) in [7, 11) is 0. The van der Waals surface area contributed by atoms with Crippen LogP contribution in [0.4, 0.5) is 18.0 Å². The van der Waals surface area contributed by atoms with Crippen LogP contribution in [-0.4, -0.2) is 52.9 Å². The van der Waals surface area contributed by atoms with Crippen LogP contribution >= 0.6 is 15.9 Å². The Morgan fingerprint density at radius 1 is 1.19 bits per heavy atom. The van der Waals surface area contributed by atoms with Gasteiger partial charge in [0.2, 0.25) is 0 Å². The third kappa shape index (κ3) is 6.40. The molecule has 1 aromatic heterocycles. The average molecular weight is 518 g/mol. The molecule has 6 nitrogen and oxygen atoms in total. The number of carbonyl (C=O) groups is 2. The average Bonchev–Trinajstić information content (AvgIpc) is 3.01. The molecule has 0 saturated carbocycles. The standard InChI is InChI=1S/C22H27BrF3N3O3/c1-21(2,3)32-20(31)27-11-14-6-8-28(9-7-14)19(30)17-12-29(13-22(24,25)26)18-10-15(23)4-5-16(17)18/h4-5,10,12,14H,6-9,11,13H2,1-3H3,(H,27,31). The Morgan fingerprint density at radius 2 is 1.84 bits per heavy atom. The van der Waals surface area contributed by atoms with Crippen LogP contribution in [0.25, 0.3) is 10.9 Å². The van der Waals surface area contributed by atoms with Gasteiger partial charge in [0.25, 0.3) is 5.91 Å². The fraction of sp³-hybridized carbons (Fsp3) is 0.545. The maximum Gasteiger partial charge on any atom is 0.407 e. The number of rotatable bonds is 4. The molecule has 2 aromatic rings. The number of hydrogen-bond donors (Lipinski definition) is 1. The summed E-state index contributed by atoms with van der Waals surface area (Å²) in [6, 6.07) is 4.97. The van der Waals surface area contributed by atoms with E-state index in [0.29, 0.717) is 47.9 Å². The van der Waals surface area contributed by atoms with Crippen LogP contribution in [0.3, 0.4) is 0 Å². The van der Waals surface area contributed by atoms with Gasteiger partial charge in [0, 0.05) is 35.7 Å². The van der Waals surface area contributed by atoms with Gasteiger partial charge < -0.3 is 19.5 Å². The maximum atomic E-state index is 13.1. The minimum absolute atomic E-state index is 0.203. The third-order valence-electron chi connectivity index (χ3n) is 5.26. The van der Waals surface area contributed by atoms with Crippen molar-refractivity contribution in [3.8, 4) is 0 Å². The van der Waals surface area contributed by atoms with Gasteiger partial charge in [-0.05, 0) is 51.7 Å². The summed E-state index contributed by atoms with van der Waals surface area (Å²) in [6.45, 7) is 5.62. The van der Waals surface area contributed by atoms with Crippen molar-refractivity contribution in [3.05, 3.63) is 34.4 Å². The number of fused-ring (bicyclic) bond motifs is 1. The van der Waals surface area contributed by atoms with Crippen molar-refractivity contribution in [1.29, 1.82) is 0 Å². The van der Waals surface area contributed by atoms with E-state index in [1.807, 2.05) is 0 Å². The van der Waals surface area contributed by atoms with Gasteiger partial charge in [0.05, 0.1) is 11.1 Å². The number of aromatic nitrogens is 1. The van der Waals surface area contributed by atoms with Gasteiger partial charge >= 0.3 is 12.3 Å². The topological polar surface area (TPSA) is 63.6 Å². The van der Waals surface area contributed by atoms with Crippen molar-refractivity contribution >= 4 is 38.8 Å². The van der Waals surface area contributed by atoms with Gasteiger partial charge in [-0.15, -0.1) is 0 Å². The molecule has 32 heavy (non-hydrogen) atoms. The first-order valence-corrected chi connectivity index (χ1v) is 11.2. The molecule has 176 valence electrons. The summed E-state index contributed by atoms with van der Waals surface area (Å²) in [5.41, 5.74) is 0.0550. The molecule has 0 spiro atoms. The van der Waals surface area contributed by atoms with Crippen LogP contribution in [0.5, 0.6) is 0 Å². The molecule has 10 heteroatoms. The highest BCUT2D eigenvalue weighted by atomic mass is 79.9. The van der Waals surface area contributed by atoms with Crippen LogP contribution in [0.1, 0.15) is 44.0 Å². The molecule has 2 heterocycles. The lowest BCUT2D eigenvalue weighted by molar-refractivity contribution is -0.139. The second-order valence-corrected chi connectivity index (χ2v) is 9.98. The van der Waals surface area contributed by atoms with Crippen molar-refractivity contribution in [2.75, 3.05) is 19.6 Å². The monoisotopic (exact) mass is 517 g/mol. The summed E-state index contributed by atoms with van der Waals surface area (Å²) in [5.74, 6) is -0.0779. The van der Waals surface area contributed by atoms with Crippen molar-refractivity contribution in [2.45, 2.75) is 51.9 Å². The number of nitrogens with zero attached hydrogens (tertiary/aromatic N) is 2. The van der Waals surface area contributed by atoms with Crippen LogP contribution in [0.2, 0.25) is 0 Å². The van der Waals surface area contributed by atoms with E-state index in [-0.39, 0.29) is 17.4 Å². The Bertz CT molecular complexity index is 990. The molecule has 0 radical (unpaired) electrons. The van der Waals surface area contributed by atoms with E-state index in [0.717, 1.165) is 4.57 Å². The predicted octanol–water partition coefficient (Wildman–Crippen LogP) is 5.34. The van der Waals surface area contributed by atoms with E-state index in [1.54, 1.807) is 43.9 Å². The Kier molecular flexibility index (Phi) is 7.12. The second kappa shape index (κ2) is 9.33. The first kappa shape index (κ1) is 24.4. The Balaban J connectivity index is 1.66. The summed E-state index contributed by atoms with van der Waals surface area (Å²) < 4.78 is 46.0. The number of benzene rings is 1. The molecule has 1 fully saturated rings. The minimum atomic E-state index is -4.39. The molecule has 1 aliphatic heterocycles. The van der Waals surface area contributed by atoms with Gasteiger partial charge in [-0.1, -0.05) is 22.0 Å². The van der Waals surface area contributed by atoms with Crippen LogP contribution in [0.15, 0.2) is 28.9 Å². The Labute approximate surface area is 193 Å². The normalized spacial score (nSPS) is 15.8. The molecular formula is C22H27BrF3N3O3. The Morgan fingerprint density at radius 3 is 2.44 bits per heavy atom. The number of amides is 2. The van der Waals surface area contributed by atoms with Gasteiger partial charge in [-0.25, -0.2) is 4.79 Å². The quantitative estimate of drug-likeness (QED) is 0.595. The zero-order valence-electron chi connectivity index (χ0n) is 18.3. The number of ether oxygens (including phenoxy) is 1. The second-order valence-electron chi connectivity index (χ2n) is 9.07. The molecule has 3 rings (SSSR count). The van der Waals surface area contributed by atoms with Crippen molar-refractivity contribution in [1.82, 2.24) is 14.8 Å². The molecule has 1 saturated heterocycles. The SMILES string of the molecule is CC(C)(C)OC(=O)NCC1CCN(C(=O)c2cn(CC(F)(F)F)c3cc(Br)ccc23)CC1. The minimum Gasteiger partial charge on any atom is -0.444 e. The largest absolute Gasteiger partial charge is 0.444 e. The molecule has 1 aromatic carbocycles. The predicted molar refractivity (Wildman–Crippen MR) is 119 cm³/mol. The summed E-state index contributed by atoms with van der Waals surface area (Å²) in [6.07, 6.45) is -2.20. The molecule has 0 aliphatic carbocycles. The van der Waals surface area contributed by atoms with Crippen molar-refractivity contribution in [3.63, 3.8) is 0 Å². The molecule has 2 amide bonds. The van der Waals surface area contributed by atoms with E-state index in [2.05, 4.69) is 21.2 Å². The highest BCUT2D eigenvalue weighted by Gasteiger charge is 2.31. The Hall–Kier alpha value is -2.23. The molecular weight excluding hydrogens is 491 g/mol. The van der Waals surface area contributed by atoms with Crippen LogP contribution in [-0.2, 0) is 11.3 Å². The smallest absolute Gasteiger partial charge is 0.407 e. The zero-order chi connectivity index (χ0) is 23.7. The van der Waals surface area contributed by atoms with Crippen LogP contribution in [0, 0.1) is 5.92 Å². The number of nitrogens with one attached hydrogen (secondary N) is 1. The van der Waals surface area contributed by atoms with Crippen molar-refractivity contribution < 1.29 is 27.5 Å². The lowest BCUT2D eigenvalue weighted by Crippen LogP contribution is -2.42. The first-order chi connectivity index (χ1) is 14.8. The molecule has 0 atom stereocenters. The summed E-state index contributed by atoms with van der Waals surface area (Å²) in [4.78, 5) is 26.6. The third-order valence-corrected chi connectivity index (χ3v) is 5.75. The number of hydrogen-bond acceptors (Lipinski definition) is 3. The summed E-state index contributed by atoms with van der Waals surface area (Å²) in [5, 5.41) is 3.26. The highest BCUT2D eigenvalue weighted by Crippen LogP contribution is 2.30. The van der Waals surface area contributed by atoms with Gasteiger partial charge in [0.1, 0.15) is 12.1 Å². The fourth-order valence-electron chi connectivity index (χ4n) is 3.81.